The summed E-state index contributed by atoms with van der Waals surface area (Å²) in [6, 6.07) is 0. The Balaban J connectivity index is 2.80. The second-order valence-corrected chi connectivity index (χ2v) is 7.12. The number of amides is 1. The number of carbonyl (C=O) groups excluding carboxylic acids is 1. The molecule has 0 aliphatic carbocycles. The first-order valence-electron chi connectivity index (χ1n) is 5.87. The normalized spacial score (nSPS) is 12.2. The zero-order chi connectivity index (χ0) is 15.6. The molecule has 0 aromatic carbocycles. The molecular formula is C11H17N3O5S. The topological polar surface area (TPSA) is 118 Å². The van der Waals surface area contributed by atoms with Crippen molar-refractivity contribution in [2.45, 2.75) is 26.3 Å². The van der Waals surface area contributed by atoms with Crippen LogP contribution in [0.5, 0.6) is 0 Å². The third kappa shape index (κ3) is 3.80. The van der Waals surface area contributed by atoms with Crippen LogP contribution in [0, 0.1) is 0 Å². The highest BCUT2D eigenvalue weighted by molar-refractivity contribution is 7.92. The molecule has 1 amide bonds. The Kier molecular flexibility index (Phi) is 4.53. The molecule has 9 heteroatoms. The van der Waals surface area contributed by atoms with Gasteiger partial charge in [-0.3, -0.25) is 9.48 Å². The SMILES string of the molecule is CCS(=O)(=O)CC(=O)Nc1cnn(C(C)(C)C(=O)O)c1. The second kappa shape index (κ2) is 5.61. The predicted octanol–water partition coefficient (Wildman–Crippen LogP) is 0.0760. The van der Waals surface area contributed by atoms with Gasteiger partial charge in [0.2, 0.25) is 5.91 Å². The van der Waals surface area contributed by atoms with Crippen molar-refractivity contribution >= 4 is 27.4 Å². The van der Waals surface area contributed by atoms with Gasteiger partial charge < -0.3 is 10.4 Å². The zero-order valence-corrected chi connectivity index (χ0v) is 12.3. The standard InChI is InChI=1S/C11H17N3O5S/c1-4-20(18,19)7-9(15)13-8-5-12-14(6-8)11(2,3)10(16)17/h5-6H,4,7H2,1-3H3,(H,13,15)(H,16,17). The van der Waals surface area contributed by atoms with Crippen LogP contribution in [0.15, 0.2) is 12.4 Å². The van der Waals surface area contributed by atoms with Crippen LogP contribution in [0.3, 0.4) is 0 Å². The second-order valence-electron chi connectivity index (χ2n) is 4.76. The molecule has 0 fully saturated rings. The molecule has 8 nitrogen and oxygen atoms in total. The van der Waals surface area contributed by atoms with Crippen molar-refractivity contribution in [3.63, 3.8) is 0 Å². The van der Waals surface area contributed by atoms with Crippen molar-refractivity contribution in [1.29, 1.82) is 0 Å². The van der Waals surface area contributed by atoms with E-state index in [9.17, 15) is 18.0 Å². The van der Waals surface area contributed by atoms with E-state index < -0.39 is 33.0 Å². The quantitative estimate of drug-likeness (QED) is 0.768. The van der Waals surface area contributed by atoms with Crippen molar-refractivity contribution in [1.82, 2.24) is 9.78 Å². The average Bonchev–Trinajstić information content (AvgIpc) is 2.77. The van der Waals surface area contributed by atoms with Crippen molar-refractivity contribution in [2.24, 2.45) is 0 Å². The smallest absolute Gasteiger partial charge is 0.331 e. The molecule has 0 radical (unpaired) electrons. The number of carboxylic acid groups (broad SMARTS) is 1. The molecule has 112 valence electrons. The fourth-order valence-corrected chi connectivity index (χ4v) is 1.97. The van der Waals surface area contributed by atoms with Gasteiger partial charge in [0.25, 0.3) is 0 Å². The number of nitrogens with one attached hydrogen (secondary N) is 1. The molecule has 0 atom stereocenters. The molecule has 0 saturated carbocycles. The lowest BCUT2D eigenvalue weighted by Gasteiger charge is -2.19. The number of rotatable bonds is 6. The van der Waals surface area contributed by atoms with E-state index in [1.807, 2.05) is 0 Å². The largest absolute Gasteiger partial charge is 0.479 e. The number of hydrogen-bond donors (Lipinski definition) is 2. The molecule has 0 spiro atoms. The Bertz CT molecular complexity index is 618. The highest BCUT2D eigenvalue weighted by Crippen LogP contribution is 2.17. The van der Waals surface area contributed by atoms with Gasteiger partial charge in [0.1, 0.15) is 5.75 Å². The van der Waals surface area contributed by atoms with Gasteiger partial charge >= 0.3 is 5.97 Å². The summed E-state index contributed by atoms with van der Waals surface area (Å²) >= 11 is 0. The average molecular weight is 303 g/mol. The van der Waals surface area contributed by atoms with Crippen LogP contribution < -0.4 is 5.32 Å². The summed E-state index contributed by atoms with van der Waals surface area (Å²) in [6.45, 7) is 4.36. The predicted molar refractivity (Wildman–Crippen MR) is 72.1 cm³/mol. The van der Waals surface area contributed by atoms with Crippen LogP contribution >= 0.6 is 0 Å². The first kappa shape index (κ1) is 16.2. The molecule has 1 heterocycles. The summed E-state index contributed by atoms with van der Waals surface area (Å²) in [7, 11) is -3.41. The summed E-state index contributed by atoms with van der Waals surface area (Å²) < 4.78 is 23.8. The minimum atomic E-state index is -3.41. The number of aliphatic carboxylic acids is 1. The van der Waals surface area contributed by atoms with Gasteiger partial charge in [-0.15, -0.1) is 0 Å². The van der Waals surface area contributed by atoms with E-state index in [4.69, 9.17) is 5.11 Å². The molecule has 0 aliphatic heterocycles. The van der Waals surface area contributed by atoms with E-state index in [2.05, 4.69) is 10.4 Å². The fraction of sp³-hybridized carbons (Fsp3) is 0.545. The number of anilines is 1. The number of aromatic nitrogens is 2. The summed E-state index contributed by atoms with van der Waals surface area (Å²) in [5.74, 6) is -2.49. The van der Waals surface area contributed by atoms with Gasteiger partial charge in [-0.2, -0.15) is 5.10 Å². The lowest BCUT2D eigenvalue weighted by molar-refractivity contribution is -0.146. The monoisotopic (exact) mass is 303 g/mol. The van der Waals surface area contributed by atoms with Crippen molar-refractivity contribution < 1.29 is 23.1 Å². The minimum Gasteiger partial charge on any atom is -0.479 e. The number of carbonyl (C=O) groups is 2. The fourth-order valence-electron chi connectivity index (χ4n) is 1.29. The van der Waals surface area contributed by atoms with Crippen LogP contribution in [0.25, 0.3) is 0 Å². The van der Waals surface area contributed by atoms with E-state index >= 15 is 0 Å². The summed E-state index contributed by atoms with van der Waals surface area (Å²) in [5, 5.41) is 15.3. The lowest BCUT2D eigenvalue weighted by atomic mass is 10.1. The maximum Gasteiger partial charge on any atom is 0.331 e. The van der Waals surface area contributed by atoms with Crippen LogP contribution in [0.2, 0.25) is 0 Å². The molecule has 1 aromatic heterocycles. The van der Waals surface area contributed by atoms with Gasteiger partial charge in [0.05, 0.1) is 11.9 Å². The number of hydrogen-bond acceptors (Lipinski definition) is 5. The third-order valence-corrected chi connectivity index (χ3v) is 4.33. The maximum absolute atomic E-state index is 11.5. The van der Waals surface area contributed by atoms with Gasteiger partial charge in [-0.05, 0) is 13.8 Å². The molecule has 0 unspecified atom stereocenters. The first-order valence-corrected chi connectivity index (χ1v) is 7.69. The van der Waals surface area contributed by atoms with Crippen LogP contribution in [-0.4, -0.2) is 46.7 Å². The van der Waals surface area contributed by atoms with Gasteiger partial charge in [-0.25, -0.2) is 13.2 Å². The molecular weight excluding hydrogens is 286 g/mol. The molecule has 0 aliphatic rings. The van der Waals surface area contributed by atoms with Crippen molar-refractivity contribution in [3.05, 3.63) is 12.4 Å². The van der Waals surface area contributed by atoms with Gasteiger partial charge in [0, 0.05) is 11.9 Å². The van der Waals surface area contributed by atoms with E-state index in [0.29, 0.717) is 0 Å². The van der Waals surface area contributed by atoms with Crippen molar-refractivity contribution in [2.75, 3.05) is 16.8 Å². The Morgan fingerprint density at radius 1 is 1.45 bits per heavy atom. The first-order chi connectivity index (χ1) is 9.08. The summed E-state index contributed by atoms with van der Waals surface area (Å²) in [6.07, 6.45) is 2.60. The molecule has 20 heavy (non-hydrogen) atoms. The number of sulfone groups is 1. The molecule has 0 saturated heterocycles. The van der Waals surface area contributed by atoms with E-state index in [-0.39, 0.29) is 11.4 Å². The van der Waals surface area contributed by atoms with E-state index in [1.165, 1.54) is 37.8 Å². The maximum atomic E-state index is 11.5. The summed E-state index contributed by atoms with van der Waals surface area (Å²) in [5.41, 5.74) is -1.02. The Labute approximate surface area is 116 Å². The molecule has 1 rings (SSSR count). The Hall–Kier alpha value is -1.90. The number of nitrogens with zero attached hydrogens (tertiary/aromatic N) is 2. The zero-order valence-electron chi connectivity index (χ0n) is 11.5. The van der Waals surface area contributed by atoms with Gasteiger partial charge in [0.15, 0.2) is 15.4 Å². The summed E-state index contributed by atoms with van der Waals surface area (Å²) in [4.78, 5) is 22.6. The number of carboxylic acids is 1. The Morgan fingerprint density at radius 2 is 2.05 bits per heavy atom. The molecule has 1 aromatic rings. The molecule has 0 bridgehead atoms. The van der Waals surface area contributed by atoms with Gasteiger partial charge in [-0.1, -0.05) is 6.92 Å². The molecule has 2 N–H and O–H groups in total. The minimum absolute atomic E-state index is 0.119. The van der Waals surface area contributed by atoms with E-state index in [0.717, 1.165) is 0 Å². The Morgan fingerprint density at radius 3 is 2.55 bits per heavy atom. The lowest BCUT2D eigenvalue weighted by Crippen LogP contribution is -2.35. The van der Waals surface area contributed by atoms with Crippen molar-refractivity contribution in [3.8, 4) is 0 Å². The van der Waals surface area contributed by atoms with Crippen LogP contribution in [0.1, 0.15) is 20.8 Å². The third-order valence-electron chi connectivity index (χ3n) is 2.75. The van der Waals surface area contributed by atoms with Crippen LogP contribution in [0.4, 0.5) is 5.69 Å². The highest BCUT2D eigenvalue weighted by Gasteiger charge is 2.30. The van der Waals surface area contributed by atoms with Crippen LogP contribution in [-0.2, 0) is 25.0 Å². The van der Waals surface area contributed by atoms with E-state index in [1.54, 1.807) is 0 Å². The highest BCUT2D eigenvalue weighted by atomic mass is 32.2.